The van der Waals surface area contributed by atoms with E-state index >= 15 is 0 Å². The Balaban J connectivity index is 1.92. The number of H-pyrrole nitrogens is 1. The van der Waals surface area contributed by atoms with Crippen LogP contribution >= 0.6 is 27.3 Å². The van der Waals surface area contributed by atoms with Gasteiger partial charge in [0.2, 0.25) is 17.5 Å². The number of aliphatic imine (C=N–C) groups is 1. The number of benzene rings is 1. The summed E-state index contributed by atoms with van der Waals surface area (Å²) in [5, 5.41) is 9.43. The number of nitrogens with zero attached hydrogens (tertiary/aromatic N) is 3. The van der Waals surface area contributed by atoms with Crippen molar-refractivity contribution in [3.8, 4) is 22.2 Å². The van der Waals surface area contributed by atoms with Gasteiger partial charge in [-0.3, -0.25) is 5.10 Å². The van der Waals surface area contributed by atoms with E-state index in [4.69, 9.17) is 20.8 Å². The number of ether oxygens (including phenoxy) is 3. The summed E-state index contributed by atoms with van der Waals surface area (Å²) < 4.78 is 17.3. The van der Waals surface area contributed by atoms with Crippen LogP contribution in [0.2, 0.25) is 0 Å². The van der Waals surface area contributed by atoms with Crippen molar-refractivity contribution in [1.82, 2.24) is 10.2 Å². The van der Waals surface area contributed by atoms with Gasteiger partial charge in [-0.25, -0.2) is 4.85 Å². The molecule has 152 valence electrons. The number of hydrogen-bond donors (Lipinski definition) is 1. The molecule has 3 heterocycles. The van der Waals surface area contributed by atoms with Gasteiger partial charge < -0.3 is 14.2 Å². The molecule has 1 N–H and O–H groups in total. The minimum Gasteiger partial charge on any atom is -0.496 e. The van der Waals surface area contributed by atoms with Gasteiger partial charge in [0.1, 0.15) is 5.75 Å². The van der Waals surface area contributed by atoms with E-state index in [9.17, 15) is 0 Å². The maximum atomic E-state index is 7.87. The number of allylic oxidation sites excluding steroid dienone is 1. The van der Waals surface area contributed by atoms with Gasteiger partial charge in [0.25, 0.3) is 0 Å². The lowest BCUT2D eigenvalue weighted by atomic mass is 9.87. The minimum absolute atomic E-state index is 0.173. The van der Waals surface area contributed by atoms with Crippen molar-refractivity contribution in [2.45, 2.75) is 12.8 Å². The number of methoxy groups -OCH3 is 1. The molecule has 3 aromatic rings. The standard InChI is InChI=1S/C21H17BrN4O3S/c1-4-28-11-24-21-19(23-2)16(12-7-8-14(27-3)13(22)10-12)17-18(15-6-5-9-30-15)25-26-20(17)29-21/h5-11,16H,4H2,1,3H3,(H,25,26). The van der Waals surface area contributed by atoms with Crippen LogP contribution in [0.5, 0.6) is 11.6 Å². The van der Waals surface area contributed by atoms with Gasteiger partial charge in [0.05, 0.1) is 41.3 Å². The maximum absolute atomic E-state index is 7.87. The lowest BCUT2D eigenvalue weighted by Gasteiger charge is -2.24. The first-order valence-electron chi connectivity index (χ1n) is 9.07. The summed E-state index contributed by atoms with van der Waals surface area (Å²) in [6, 6.07) is 9.72. The van der Waals surface area contributed by atoms with Crippen LogP contribution in [0.25, 0.3) is 15.4 Å². The normalized spacial score (nSPS) is 15.6. The Morgan fingerprint density at radius 2 is 2.30 bits per heavy atom. The first-order chi connectivity index (χ1) is 14.7. The summed E-state index contributed by atoms with van der Waals surface area (Å²) in [4.78, 5) is 9.04. The minimum atomic E-state index is -0.418. The number of aromatic amines is 1. The second-order valence-electron chi connectivity index (χ2n) is 6.22. The molecule has 1 atom stereocenters. The molecule has 0 amide bonds. The fourth-order valence-corrected chi connectivity index (χ4v) is 4.54. The zero-order valence-electron chi connectivity index (χ0n) is 16.2. The summed E-state index contributed by atoms with van der Waals surface area (Å²) in [5.41, 5.74) is 2.87. The Kier molecular flexibility index (Phi) is 5.88. The Morgan fingerprint density at radius 3 is 2.97 bits per heavy atom. The number of nitrogens with one attached hydrogen (secondary N) is 1. The lowest BCUT2D eigenvalue weighted by Crippen LogP contribution is -2.15. The molecule has 0 saturated carbocycles. The third-order valence-electron chi connectivity index (χ3n) is 4.55. The third kappa shape index (κ3) is 3.60. The summed E-state index contributed by atoms with van der Waals surface area (Å²) >= 11 is 5.14. The molecule has 0 spiro atoms. The molecule has 1 aromatic carbocycles. The van der Waals surface area contributed by atoms with Crippen molar-refractivity contribution in [1.29, 1.82) is 0 Å². The van der Waals surface area contributed by atoms with Crippen LogP contribution in [0.3, 0.4) is 0 Å². The number of hydrogen-bond acceptors (Lipinski definition) is 6. The highest BCUT2D eigenvalue weighted by Gasteiger charge is 2.37. The molecule has 0 saturated heterocycles. The number of aromatic nitrogens is 2. The second-order valence-corrected chi connectivity index (χ2v) is 8.02. The zero-order chi connectivity index (χ0) is 21.1. The van der Waals surface area contributed by atoms with Crippen molar-refractivity contribution in [3.05, 3.63) is 74.3 Å². The van der Waals surface area contributed by atoms with E-state index in [-0.39, 0.29) is 5.88 Å². The van der Waals surface area contributed by atoms with E-state index < -0.39 is 5.92 Å². The molecule has 0 radical (unpaired) electrons. The molecule has 2 aromatic heterocycles. The lowest BCUT2D eigenvalue weighted by molar-refractivity contribution is 0.333. The quantitative estimate of drug-likeness (QED) is 0.281. The predicted molar refractivity (Wildman–Crippen MR) is 119 cm³/mol. The van der Waals surface area contributed by atoms with Gasteiger partial charge in [-0.15, -0.1) is 16.4 Å². The maximum Gasteiger partial charge on any atom is 0.241 e. The molecule has 0 fully saturated rings. The highest BCUT2D eigenvalue weighted by molar-refractivity contribution is 9.10. The molecular formula is C21H17BrN4O3S. The van der Waals surface area contributed by atoms with Crippen molar-refractivity contribution < 1.29 is 14.2 Å². The van der Waals surface area contributed by atoms with Crippen LogP contribution in [-0.4, -0.2) is 30.3 Å². The van der Waals surface area contributed by atoms with Gasteiger partial charge in [0.15, 0.2) is 6.40 Å². The highest BCUT2D eigenvalue weighted by atomic mass is 79.9. The third-order valence-corrected chi connectivity index (χ3v) is 6.06. The SMILES string of the molecule is [C-]#[N+]C1=C(N=COCC)Oc2n[nH]c(-c3cccs3)c2C1c1ccc(OC)c(Br)c1. The van der Waals surface area contributed by atoms with Gasteiger partial charge in [0, 0.05) is 5.56 Å². The number of fused-ring (bicyclic) bond motifs is 1. The van der Waals surface area contributed by atoms with Crippen molar-refractivity contribution in [3.63, 3.8) is 0 Å². The Labute approximate surface area is 186 Å². The summed E-state index contributed by atoms with van der Waals surface area (Å²) in [7, 11) is 1.61. The highest BCUT2D eigenvalue weighted by Crippen LogP contribution is 2.48. The second kappa shape index (κ2) is 8.73. The van der Waals surface area contributed by atoms with Crippen LogP contribution in [0.15, 0.2) is 56.8 Å². The van der Waals surface area contributed by atoms with E-state index in [0.717, 1.165) is 26.2 Å². The molecule has 4 rings (SSSR count). The Bertz CT molecular complexity index is 1160. The number of rotatable bonds is 6. The summed E-state index contributed by atoms with van der Waals surface area (Å²) in [5.74, 6) is 0.858. The van der Waals surface area contributed by atoms with Crippen molar-refractivity contribution >= 4 is 33.7 Å². The van der Waals surface area contributed by atoms with Crippen molar-refractivity contribution in [2.24, 2.45) is 4.99 Å². The number of thiophene rings is 1. The van der Waals surface area contributed by atoms with Crippen molar-refractivity contribution in [2.75, 3.05) is 13.7 Å². The molecule has 0 aliphatic carbocycles. The Morgan fingerprint density at radius 1 is 1.43 bits per heavy atom. The fraction of sp³-hybridized carbons (Fsp3) is 0.190. The van der Waals surface area contributed by atoms with Crippen LogP contribution in [0, 0.1) is 6.57 Å². The van der Waals surface area contributed by atoms with Crippen LogP contribution in [0.1, 0.15) is 24.0 Å². The fourth-order valence-electron chi connectivity index (χ4n) is 3.24. The molecule has 1 aliphatic heterocycles. The molecule has 0 bridgehead atoms. The van der Waals surface area contributed by atoms with Gasteiger partial charge >= 0.3 is 0 Å². The number of halogens is 1. The van der Waals surface area contributed by atoms with E-state index in [1.165, 1.54) is 6.40 Å². The first-order valence-corrected chi connectivity index (χ1v) is 10.7. The first kappa shape index (κ1) is 20.2. The molecule has 1 unspecified atom stereocenters. The average molecular weight is 485 g/mol. The summed E-state index contributed by atoms with van der Waals surface area (Å²) in [6.07, 6.45) is 1.29. The molecular weight excluding hydrogens is 468 g/mol. The van der Waals surface area contributed by atoms with Gasteiger partial charge in [-0.1, -0.05) is 12.1 Å². The van der Waals surface area contributed by atoms with E-state index in [2.05, 4.69) is 36.0 Å². The average Bonchev–Trinajstić information content (AvgIpc) is 3.42. The summed E-state index contributed by atoms with van der Waals surface area (Å²) in [6.45, 7) is 10.2. The van der Waals surface area contributed by atoms with Crippen LogP contribution in [0.4, 0.5) is 0 Å². The molecule has 1 aliphatic rings. The smallest absolute Gasteiger partial charge is 0.241 e. The van der Waals surface area contributed by atoms with Crippen LogP contribution in [-0.2, 0) is 4.74 Å². The van der Waals surface area contributed by atoms with E-state index in [1.54, 1.807) is 18.4 Å². The van der Waals surface area contributed by atoms with Gasteiger partial charge in [-0.05, 0) is 52.0 Å². The predicted octanol–water partition coefficient (Wildman–Crippen LogP) is 5.59. The van der Waals surface area contributed by atoms with E-state index in [0.29, 0.717) is 23.9 Å². The van der Waals surface area contributed by atoms with Gasteiger partial charge in [-0.2, -0.15) is 4.99 Å². The van der Waals surface area contributed by atoms with E-state index in [1.807, 2.05) is 42.6 Å². The van der Waals surface area contributed by atoms with Crippen LogP contribution < -0.4 is 9.47 Å². The zero-order valence-corrected chi connectivity index (χ0v) is 18.6. The Hall–Kier alpha value is -3.09. The molecule has 7 nitrogen and oxygen atoms in total. The topological polar surface area (TPSA) is 73.1 Å². The molecule has 30 heavy (non-hydrogen) atoms. The monoisotopic (exact) mass is 484 g/mol. The molecule has 9 heteroatoms. The largest absolute Gasteiger partial charge is 0.496 e.